The first-order valence-corrected chi connectivity index (χ1v) is 9.42. The Morgan fingerprint density at radius 3 is 2.50 bits per heavy atom. The lowest BCUT2D eigenvalue weighted by molar-refractivity contribution is -0.149. The smallest absolute Gasteiger partial charge is 0.340 e. The molecular weight excluding hydrogens is 384 g/mol. The van der Waals surface area contributed by atoms with Gasteiger partial charge in [0.25, 0.3) is 0 Å². The molecule has 0 saturated carbocycles. The van der Waals surface area contributed by atoms with Crippen LogP contribution in [-0.2, 0) is 14.3 Å². The normalized spacial score (nSPS) is 16.1. The van der Waals surface area contributed by atoms with Gasteiger partial charge in [-0.05, 0) is 32.0 Å². The first kappa shape index (κ1) is 21.7. The van der Waals surface area contributed by atoms with Gasteiger partial charge < -0.3 is 29.2 Å². The number of likely N-dealkylation sites (tertiary alicyclic amines) is 1. The fourth-order valence-electron chi connectivity index (χ4n) is 3.07. The maximum Gasteiger partial charge on any atom is 0.340 e. The Morgan fingerprint density at radius 2 is 1.89 bits per heavy atom. The SMILES string of the molecule is CCOC(=O)[C@@H]1CCCN(C(=S)Nc2cc(OC)c(OC)cc2C(=O)OC)C1. The molecule has 0 bridgehead atoms. The summed E-state index contributed by atoms with van der Waals surface area (Å²) < 4.78 is 20.6. The molecule has 1 aromatic carbocycles. The summed E-state index contributed by atoms with van der Waals surface area (Å²) in [5.41, 5.74) is 0.703. The zero-order chi connectivity index (χ0) is 20.7. The first-order valence-electron chi connectivity index (χ1n) is 9.02. The van der Waals surface area contributed by atoms with Gasteiger partial charge >= 0.3 is 11.9 Å². The predicted octanol–water partition coefficient (Wildman–Crippen LogP) is 2.46. The van der Waals surface area contributed by atoms with Crippen molar-refractivity contribution in [3.63, 3.8) is 0 Å². The van der Waals surface area contributed by atoms with E-state index < -0.39 is 5.97 Å². The quantitative estimate of drug-likeness (QED) is 0.561. The molecule has 0 unspecified atom stereocenters. The highest BCUT2D eigenvalue weighted by atomic mass is 32.1. The van der Waals surface area contributed by atoms with E-state index in [1.54, 1.807) is 13.0 Å². The predicted molar refractivity (Wildman–Crippen MR) is 108 cm³/mol. The molecule has 1 fully saturated rings. The molecule has 154 valence electrons. The Kier molecular flexibility index (Phi) is 7.86. The van der Waals surface area contributed by atoms with E-state index in [1.807, 2.05) is 4.90 Å². The van der Waals surface area contributed by atoms with E-state index in [0.29, 0.717) is 42.0 Å². The molecule has 0 aromatic heterocycles. The lowest BCUT2D eigenvalue weighted by Crippen LogP contribution is -2.44. The number of esters is 2. The Labute approximate surface area is 170 Å². The Bertz CT molecular complexity index is 739. The molecule has 28 heavy (non-hydrogen) atoms. The van der Waals surface area contributed by atoms with Crippen LogP contribution in [0.1, 0.15) is 30.1 Å². The second-order valence-corrected chi connectivity index (χ2v) is 6.60. The average Bonchev–Trinajstić information content (AvgIpc) is 2.72. The van der Waals surface area contributed by atoms with Crippen LogP contribution in [0.2, 0.25) is 0 Å². The highest BCUT2D eigenvalue weighted by molar-refractivity contribution is 7.80. The minimum absolute atomic E-state index is 0.212. The molecular formula is C19H26N2O6S. The van der Waals surface area contributed by atoms with Gasteiger partial charge in [0.05, 0.1) is 45.1 Å². The largest absolute Gasteiger partial charge is 0.493 e. The third-order valence-electron chi connectivity index (χ3n) is 4.50. The number of ether oxygens (including phenoxy) is 4. The average molecular weight is 410 g/mol. The molecule has 0 spiro atoms. The second-order valence-electron chi connectivity index (χ2n) is 6.21. The molecule has 1 aliphatic heterocycles. The topological polar surface area (TPSA) is 86.3 Å². The fraction of sp³-hybridized carbons (Fsp3) is 0.526. The standard InChI is InChI=1S/C19H26N2O6S/c1-5-27-17(22)12-7-6-8-21(11-12)19(28)20-14-10-16(25-3)15(24-2)9-13(14)18(23)26-4/h9-10,12H,5-8,11H2,1-4H3,(H,20,28)/t12-/m1/s1. The maximum absolute atomic E-state index is 12.2. The Hall–Kier alpha value is -2.55. The van der Waals surface area contributed by atoms with Gasteiger partial charge in [0.15, 0.2) is 16.6 Å². The number of anilines is 1. The molecule has 1 saturated heterocycles. The number of carbonyl (C=O) groups excluding carboxylic acids is 2. The van der Waals surface area contributed by atoms with Crippen LogP contribution in [0.15, 0.2) is 12.1 Å². The second kappa shape index (κ2) is 10.1. The van der Waals surface area contributed by atoms with E-state index >= 15 is 0 Å². The minimum atomic E-state index is -0.533. The third kappa shape index (κ3) is 5.03. The zero-order valence-corrected chi connectivity index (χ0v) is 17.4. The summed E-state index contributed by atoms with van der Waals surface area (Å²) in [6.45, 7) is 3.32. The lowest BCUT2D eigenvalue weighted by atomic mass is 9.98. The molecule has 0 aliphatic carbocycles. The molecule has 8 nitrogen and oxygen atoms in total. The molecule has 2 rings (SSSR count). The molecule has 1 atom stereocenters. The Balaban J connectivity index is 2.22. The third-order valence-corrected chi connectivity index (χ3v) is 4.86. The summed E-state index contributed by atoms with van der Waals surface area (Å²) >= 11 is 5.52. The number of rotatable bonds is 6. The minimum Gasteiger partial charge on any atom is -0.493 e. The van der Waals surface area contributed by atoms with Crippen LogP contribution in [0, 0.1) is 5.92 Å². The van der Waals surface area contributed by atoms with Crippen LogP contribution in [0.5, 0.6) is 11.5 Å². The number of nitrogens with zero attached hydrogens (tertiary/aromatic N) is 1. The fourth-order valence-corrected chi connectivity index (χ4v) is 3.35. The number of methoxy groups -OCH3 is 3. The van der Waals surface area contributed by atoms with Crippen molar-refractivity contribution in [1.29, 1.82) is 0 Å². The zero-order valence-electron chi connectivity index (χ0n) is 16.6. The molecule has 0 radical (unpaired) electrons. The van der Waals surface area contributed by atoms with Crippen molar-refractivity contribution in [3.8, 4) is 11.5 Å². The first-order chi connectivity index (χ1) is 13.4. The van der Waals surface area contributed by atoms with Crippen molar-refractivity contribution < 1.29 is 28.5 Å². The van der Waals surface area contributed by atoms with Crippen LogP contribution >= 0.6 is 12.2 Å². The molecule has 0 amide bonds. The van der Waals surface area contributed by atoms with Crippen LogP contribution in [0.3, 0.4) is 0 Å². The lowest BCUT2D eigenvalue weighted by Gasteiger charge is -2.33. The number of nitrogens with one attached hydrogen (secondary N) is 1. The summed E-state index contributed by atoms with van der Waals surface area (Å²) in [6, 6.07) is 3.16. The summed E-state index contributed by atoms with van der Waals surface area (Å²) in [4.78, 5) is 26.2. The van der Waals surface area contributed by atoms with Crippen LogP contribution in [-0.4, -0.2) is 63.0 Å². The van der Waals surface area contributed by atoms with Crippen molar-refractivity contribution in [2.24, 2.45) is 5.92 Å². The number of hydrogen-bond acceptors (Lipinski definition) is 7. The molecule has 1 N–H and O–H groups in total. The van der Waals surface area contributed by atoms with Gasteiger partial charge in [0, 0.05) is 25.2 Å². The Morgan fingerprint density at radius 1 is 1.21 bits per heavy atom. The van der Waals surface area contributed by atoms with Gasteiger partial charge in [0.2, 0.25) is 0 Å². The highest BCUT2D eigenvalue weighted by Gasteiger charge is 2.28. The van der Waals surface area contributed by atoms with E-state index in [1.165, 1.54) is 27.4 Å². The number of hydrogen-bond donors (Lipinski definition) is 1. The van der Waals surface area contributed by atoms with Crippen LogP contribution < -0.4 is 14.8 Å². The van der Waals surface area contributed by atoms with Crippen molar-refractivity contribution in [3.05, 3.63) is 17.7 Å². The van der Waals surface area contributed by atoms with E-state index in [2.05, 4.69) is 5.32 Å². The van der Waals surface area contributed by atoms with Gasteiger partial charge in [-0.2, -0.15) is 0 Å². The van der Waals surface area contributed by atoms with Crippen molar-refractivity contribution in [2.45, 2.75) is 19.8 Å². The monoisotopic (exact) mass is 410 g/mol. The van der Waals surface area contributed by atoms with E-state index in [-0.39, 0.29) is 17.5 Å². The van der Waals surface area contributed by atoms with Crippen molar-refractivity contribution >= 4 is 35.0 Å². The molecule has 1 heterocycles. The van der Waals surface area contributed by atoms with E-state index in [4.69, 9.17) is 31.2 Å². The number of thiocarbonyl (C=S) groups is 1. The van der Waals surface area contributed by atoms with Crippen molar-refractivity contribution in [1.82, 2.24) is 4.90 Å². The number of carbonyl (C=O) groups is 2. The van der Waals surface area contributed by atoms with Crippen LogP contribution in [0.4, 0.5) is 5.69 Å². The van der Waals surface area contributed by atoms with Gasteiger partial charge in [-0.1, -0.05) is 0 Å². The molecule has 1 aromatic rings. The molecule has 1 aliphatic rings. The summed E-state index contributed by atoms with van der Waals surface area (Å²) in [5, 5.41) is 3.49. The summed E-state index contributed by atoms with van der Waals surface area (Å²) in [5.74, 6) is -0.118. The highest BCUT2D eigenvalue weighted by Crippen LogP contribution is 2.34. The number of piperidine rings is 1. The summed E-state index contributed by atoms with van der Waals surface area (Å²) in [7, 11) is 4.29. The number of benzene rings is 1. The van der Waals surface area contributed by atoms with Gasteiger partial charge in [0.1, 0.15) is 0 Å². The van der Waals surface area contributed by atoms with Crippen molar-refractivity contribution in [2.75, 3.05) is 46.3 Å². The van der Waals surface area contributed by atoms with E-state index in [9.17, 15) is 9.59 Å². The van der Waals surface area contributed by atoms with Gasteiger partial charge in [-0.15, -0.1) is 0 Å². The van der Waals surface area contributed by atoms with Gasteiger partial charge in [-0.3, -0.25) is 4.79 Å². The molecule has 9 heteroatoms. The summed E-state index contributed by atoms with van der Waals surface area (Å²) in [6.07, 6.45) is 1.59. The maximum atomic E-state index is 12.2. The van der Waals surface area contributed by atoms with E-state index in [0.717, 1.165) is 12.8 Å². The van der Waals surface area contributed by atoms with Gasteiger partial charge in [-0.25, -0.2) is 4.79 Å². The van der Waals surface area contributed by atoms with Crippen LogP contribution in [0.25, 0.3) is 0 Å².